The molecule has 0 aromatic heterocycles. The Morgan fingerprint density at radius 2 is 0.955 bits per heavy atom. The molecule has 4 rings (SSSR count). The van der Waals surface area contributed by atoms with E-state index in [1.54, 1.807) is 30.3 Å². The first-order chi connectivity index (χ1) is 10.6. The Kier molecular flexibility index (Phi) is 2.37. The lowest BCUT2D eigenvalue weighted by Gasteiger charge is -2.29. The van der Waals surface area contributed by atoms with Gasteiger partial charge in [-0.25, -0.2) is 0 Å². The summed E-state index contributed by atoms with van der Waals surface area (Å²) in [4.78, 5) is 50.8. The summed E-state index contributed by atoms with van der Waals surface area (Å²) in [5.74, 6) is -2.01. The van der Waals surface area contributed by atoms with Crippen molar-refractivity contribution in [3.63, 3.8) is 0 Å². The molecule has 0 amide bonds. The number of hydrogen-bond acceptors (Lipinski definition) is 4. The lowest BCUT2D eigenvalue weighted by molar-refractivity contribution is 0.0558. The van der Waals surface area contributed by atoms with Gasteiger partial charge in [0.2, 0.25) is 0 Å². The van der Waals surface area contributed by atoms with Crippen LogP contribution in [0.3, 0.4) is 0 Å². The molecule has 2 aliphatic rings. The van der Waals surface area contributed by atoms with Crippen molar-refractivity contribution in [3.8, 4) is 0 Å². The Labute approximate surface area is 125 Å². The van der Waals surface area contributed by atoms with Crippen LogP contribution in [0.2, 0.25) is 0 Å². The second kappa shape index (κ2) is 4.07. The molecule has 4 heteroatoms. The maximum atomic E-state index is 12.9. The van der Waals surface area contributed by atoms with Crippen LogP contribution in [0.15, 0.2) is 48.5 Å². The van der Waals surface area contributed by atoms with E-state index in [0.717, 1.165) is 0 Å². The van der Waals surface area contributed by atoms with Crippen molar-refractivity contribution in [2.75, 3.05) is 0 Å². The quantitative estimate of drug-likeness (QED) is 0.699. The Bertz CT molecular complexity index is 856. The van der Waals surface area contributed by atoms with E-state index in [1.165, 1.54) is 18.2 Å². The van der Waals surface area contributed by atoms with Crippen molar-refractivity contribution in [1.29, 1.82) is 0 Å². The summed E-state index contributed by atoms with van der Waals surface area (Å²) < 4.78 is 0. The number of Topliss-reactive ketones (excluding diaryl/α,β-unsaturated/α-hetero) is 4. The highest BCUT2D eigenvalue weighted by molar-refractivity contribution is 6.44. The summed E-state index contributed by atoms with van der Waals surface area (Å²) >= 11 is 0. The van der Waals surface area contributed by atoms with E-state index in [1.807, 2.05) is 0 Å². The number of rotatable bonds is 0. The molecule has 2 aliphatic carbocycles. The molecule has 0 N–H and O–H groups in total. The molecule has 106 valence electrons. The summed E-state index contributed by atoms with van der Waals surface area (Å²) in [6.07, 6.45) is -0.380. The average Bonchev–Trinajstić information content (AvgIpc) is 2.76. The molecule has 1 spiro atoms. The van der Waals surface area contributed by atoms with Gasteiger partial charge >= 0.3 is 0 Å². The zero-order chi connectivity index (χ0) is 15.5. The van der Waals surface area contributed by atoms with Crippen molar-refractivity contribution < 1.29 is 19.2 Å². The highest BCUT2D eigenvalue weighted by atomic mass is 16.2. The number of hydrogen-bond donors (Lipinski definition) is 0. The topological polar surface area (TPSA) is 68.3 Å². The van der Waals surface area contributed by atoms with Crippen LogP contribution < -0.4 is 0 Å². The Morgan fingerprint density at radius 3 is 1.41 bits per heavy atom. The second-order valence-electron chi connectivity index (χ2n) is 5.58. The third kappa shape index (κ3) is 1.32. The smallest absolute Gasteiger partial charge is 0.185 e. The van der Waals surface area contributed by atoms with E-state index >= 15 is 0 Å². The number of carbonyl (C=O) groups excluding carboxylic acids is 4. The summed E-state index contributed by atoms with van der Waals surface area (Å²) in [5.41, 5.74) is -0.987. The fraction of sp³-hybridized carbons (Fsp3) is 0.111. The maximum absolute atomic E-state index is 12.9. The molecular formula is C18H10O4. The normalized spacial score (nSPS) is 18.5. The molecule has 2 aromatic rings. The standard InChI is InChI=1S/C18H10O4/c19-14-9-18(15(20)11-6-2-1-5-10(11)14)16(21)12-7-3-4-8-13(12)17(18)22/h1-8H,9H2. The van der Waals surface area contributed by atoms with Crippen LogP contribution in [0.25, 0.3) is 0 Å². The van der Waals surface area contributed by atoms with Crippen LogP contribution in [0.5, 0.6) is 0 Å². The number of benzene rings is 2. The summed E-state index contributed by atoms with van der Waals surface area (Å²) in [6, 6.07) is 12.7. The van der Waals surface area contributed by atoms with E-state index in [-0.39, 0.29) is 34.5 Å². The first-order valence-corrected chi connectivity index (χ1v) is 6.93. The lowest BCUT2D eigenvalue weighted by Crippen LogP contribution is -2.47. The fourth-order valence-electron chi connectivity index (χ4n) is 3.38. The first kappa shape index (κ1) is 12.8. The van der Waals surface area contributed by atoms with Crippen LogP contribution in [0, 0.1) is 5.41 Å². The molecule has 0 fully saturated rings. The third-order valence-corrected chi connectivity index (χ3v) is 4.48. The van der Waals surface area contributed by atoms with Gasteiger partial charge in [-0.2, -0.15) is 0 Å². The van der Waals surface area contributed by atoms with Crippen LogP contribution in [0.4, 0.5) is 0 Å². The van der Waals surface area contributed by atoms with Crippen LogP contribution >= 0.6 is 0 Å². The predicted octanol–water partition coefficient (Wildman–Crippen LogP) is 2.52. The van der Waals surface area contributed by atoms with Crippen molar-refractivity contribution in [2.24, 2.45) is 5.41 Å². The summed E-state index contributed by atoms with van der Waals surface area (Å²) in [6.45, 7) is 0. The van der Waals surface area contributed by atoms with Gasteiger partial charge in [0, 0.05) is 28.7 Å². The molecule has 0 atom stereocenters. The Morgan fingerprint density at radius 1 is 0.591 bits per heavy atom. The number of ketones is 4. The minimum atomic E-state index is -1.89. The predicted molar refractivity (Wildman–Crippen MR) is 77.3 cm³/mol. The summed E-state index contributed by atoms with van der Waals surface area (Å²) in [5, 5.41) is 0. The van der Waals surface area contributed by atoms with Crippen molar-refractivity contribution in [1.82, 2.24) is 0 Å². The van der Waals surface area contributed by atoms with Crippen molar-refractivity contribution in [3.05, 3.63) is 70.8 Å². The highest BCUT2D eigenvalue weighted by Crippen LogP contribution is 2.45. The van der Waals surface area contributed by atoms with E-state index in [9.17, 15) is 19.2 Å². The van der Waals surface area contributed by atoms with Gasteiger partial charge in [0.15, 0.2) is 28.5 Å². The second-order valence-corrected chi connectivity index (χ2v) is 5.58. The molecule has 0 bridgehead atoms. The van der Waals surface area contributed by atoms with Crippen LogP contribution in [0.1, 0.15) is 47.9 Å². The van der Waals surface area contributed by atoms with E-state index in [0.29, 0.717) is 0 Å². The highest BCUT2D eigenvalue weighted by Gasteiger charge is 2.61. The molecule has 22 heavy (non-hydrogen) atoms. The largest absolute Gasteiger partial charge is 0.294 e. The van der Waals surface area contributed by atoms with Crippen LogP contribution in [-0.2, 0) is 0 Å². The molecular weight excluding hydrogens is 280 g/mol. The van der Waals surface area contributed by atoms with Crippen molar-refractivity contribution >= 4 is 23.1 Å². The molecule has 0 heterocycles. The van der Waals surface area contributed by atoms with Gasteiger partial charge in [-0.1, -0.05) is 48.5 Å². The summed E-state index contributed by atoms with van der Waals surface area (Å²) in [7, 11) is 0. The Hall–Kier alpha value is -2.88. The molecule has 0 saturated heterocycles. The van der Waals surface area contributed by atoms with Gasteiger partial charge in [0.25, 0.3) is 0 Å². The molecule has 0 unspecified atom stereocenters. The van der Waals surface area contributed by atoms with Crippen LogP contribution in [-0.4, -0.2) is 23.1 Å². The first-order valence-electron chi connectivity index (χ1n) is 6.93. The van der Waals surface area contributed by atoms with Gasteiger partial charge < -0.3 is 0 Å². The SMILES string of the molecule is O=C1CC2(C(=O)c3ccccc31)C(=O)c1ccccc1C2=O. The van der Waals surface area contributed by atoms with Gasteiger partial charge in [0.1, 0.15) is 0 Å². The third-order valence-electron chi connectivity index (χ3n) is 4.48. The minimum absolute atomic E-state index is 0.160. The Balaban J connectivity index is 1.99. The molecule has 2 aromatic carbocycles. The van der Waals surface area contributed by atoms with E-state index in [2.05, 4.69) is 0 Å². The zero-order valence-electron chi connectivity index (χ0n) is 11.5. The molecule has 4 nitrogen and oxygen atoms in total. The van der Waals surface area contributed by atoms with Gasteiger partial charge in [-0.3, -0.25) is 19.2 Å². The molecule has 0 radical (unpaired) electrons. The average molecular weight is 290 g/mol. The minimum Gasteiger partial charge on any atom is -0.294 e. The number of carbonyl (C=O) groups is 4. The van der Waals surface area contributed by atoms with Crippen molar-refractivity contribution in [2.45, 2.75) is 6.42 Å². The number of fused-ring (bicyclic) bond motifs is 2. The van der Waals surface area contributed by atoms with Gasteiger partial charge in [-0.15, -0.1) is 0 Å². The van der Waals surface area contributed by atoms with E-state index in [4.69, 9.17) is 0 Å². The van der Waals surface area contributed by atoms with E-state index < -0.39 is 22.8 Å². The molecule has 0 aliphatic heterocycles. The fourth-order valence-corrected chi connectivity index (χ4v) is 3.38. The molecule has 0 saturated carbocycles. The van der Waals surface area contributed by atoms with Gasteiger partial charge in [-0.05, 0) is 0 Å². The lowest BCUT2D eigenvalue weighted by atomic mass is 9.67. The monoisotopic (exact) mass is 290 g/mol. The zero-order valence-corrected chi connectivity index (χ0v) is 11.5. The van der Waals surface area contributed by atoms with Gasteiger partial charge in [0.05, 0.1) is 0 Å². The maximum Gasteiger partial charge on any atom is 0.185 e.